The first kappa shape index (κ1) is 19.0. The lowest BCUT2D eigenvalue weighted by Gasteiger charge is -2.29. The van der Waals surface area contributed by atoms with Crippen molar-refractivity contribution in [3.05, 3.63) is 65.5 Å². The monoisotopic (exact) mass is 370 g/mol. The molecule has 0 atom stereocenters. The minimum absolute atomic E-state index is 0.0427. The van der Waals surface area contributed by atoms with E-state index in [0.717, 1.165) is 36.4 Å². The lowest BCUT2D eigenvalue weighted by molar-refractivity contribution is -0.897. The molecule has 142 valence electrons. The van der Waals surface area contributed by atoms with Crippen molar-refractivity contribution in [2.24, 2.45) is 0 Å². The molecule has 1 heterocycles. The Morgan fingerprint density at radius 3 is 2.44 bits per heavy atom. The number of halogens is 1. The first-order valence-corrected chi connectivity index (χ1v) is 9.27. The largest absolute Gasteiger partial charge is 0.349 e. The van der Waals surface area contributed by atoms with Crippen LogP contribution in [-0.2, 0) is 4.79 Å². The van der Waals surface area contributed by atoms with E-state index in [2.05, 4.69) is 10.6 Å². The molecule has 0 radical (unpaired) electrons. The lowest BCUT2D eigenvalue weighted by atomic mass is 10.0. The van der Waals surface area contributed by atoms with Crippen LogP contribution in [0, 0.1) is 12.7 Å². The lowest BCUT2D eigenvalue weighted by Crippen LogP contribution is -3.14. The Kier molecular flexibility index (Phi) is 6.19. The number of likely N-dealkylation sites (tertiary alicyclic amines) is 1. The minimum Gasteiger partial charge on any atom is -0.349 e. The van der Waals surface area contributed by atoms with Crippen LogP contribution >= 0.6 is 0 Å². The van der Waals surface area contributed by atoms with E-state index in [1.54, 1.807) is 18.2 Å². The summed E-state index contributed by atoms with van der Waals surface area (Å²) in [6, 6.07) is 13.8. The number of para-hydroxylation sites is 1. The van der Waals surface area contributed by atoms with Crippen molar-refractivity contribution < 1.29 is 18.9 Å². The van der Waals surface area contributed by atoms with Gasteiger partial charge in [0.2, 0.25) is 0 Å². The quantitative estimate of drug-likeness (QED) is 0.748. The Labute approximate surface area is 158 Å². The third-order valence-corrected chi connectivity index (χ3v) is 4.98. The van der Waals surface area contributed by atoms with Crippen molar-refractivity contribution in [1.29, 1.82) is 0 Å². The molecule has 2 aromatic rings. The molecule has 1 aliphatic heterocycles. The summed E-state index contributed by atoms with van der Waals surface area (Å²) in [6.45, 7) is 3.81. The van der Waals surface area contributed by atoms with Gasteiger partial charge >= 0.3 is 0 Å². The Hall–Kier alpha value is -2.73. The smallest absolute Gasteiger partial charge is 0.279 e. The van der Waals surface area contributed by atoms with E-state index in [1.165, 1.54) is 6.07 Å². The molecular formula is C21H25FN3O2+. The second-order valence-electron chi connectivity index (χ2n) is 7.02. The molecule has 0 spiro atoms. The molecule has 3 N–H and O–H groups in total. The fourth-order valence-electron chi connectivity index (χ4n) is 3.42. The predicted octanol–water partition coefficient (Wildman–Crippen LogP) is 1.55. The number of anilines is 1. The first-order chi connectivity index (χ1) is 13.0. The van der Waals surface area contributed by atoms with Crippen LogP contribution in [0.3, 0.4) is 0 Å². The zero-order valence-electron chi connectivity index (χ0n) is 15.4. The van der Waals surface area contributed by atoms with Gasteiger partial charge < -0.3 is 15.5 Å². The Bertz CT molecular complexity index is 817. The van der Waals surface area contributed by atoms with E-state index in [-0.39, 0.29) is 23.5 Å². The van der Waals surface area contributed by atoms with Gasteiger partial charge in [0.25, 0.3) is 11.8 Å². The van der Waals surface area contributed by atoms with Crippen molar-refractivity contribution in [2.45, 2.75) is 25.8 Å². The molecule has 1 saturated heterocycles. The van der Waals surface area contributed by atoms with Crippen LogP contribution in [0.5, 0.6) is 0 Å². The SMILES string of the molecule is Cc1ccccc1C(=O)NC1CC[NH+](CC(=O)Nc2ccccc2F)CC1. The van der Waals surface area contributed by atoms with E-state index < -0.39 is 5.82 Å². The van der Waals surface area contributed by atoms with E-state index in [1.807, 2.05) is 31.2 Å². The molecule has 0 bridgehead atoms. The highest BCUT2D eigenvalue weighted by Gasteiger charge is 2.25. The number of piperidine rings is 1. The number of aryl methyl sites for hydroxylation is 1. The summed E-state index contributed by atoms with van der Waals surface area (Å²) in [5.74, 6) is -0.671. The number of amides is 2. The number of benzene rings is 2. The number of hydrogen-bond donors (Lipinski definition) is 3. The second kappa shape index (κ2) is 8.77. The first-order valence-electron chi connectivity index (χ1n) is 9.27. The number of rotatable bonds is 5. The zero-order chi connectivity index (χ0) is 19.2. The average molecular weight is 370 g/mol. The summed E-state index contributed by atoms with van der Waals surface area (Å²) in [5, 5.41) is 5.72. The average Bonchev–Trinajstić information content (AvgIpc) is 2.65. The molecule has 1 aliphatic rings. The van der Waals surface area contributed by atoms with E-state index in [4.69, 9.17) is 0 Å². The van der Waals surface area contributed by atoms with Gasteiger partial charge in [-0.15, -0.1) is 0 Å². The molecule has 3 rings (SSSR count). The molecule has 2 amide bonds. The number of nitrogens with one attached hydrogen (secondary N) is 3. The van der Waals surface area contributed by atoms with Gasteiger partial charge in [0.05, 0.1) is 18.8 Å². The van der Waals surface area contributed by atoms with Crippen LogP contribution in [0.1, 0.15) is 28.8 Å². The van der Waals surface area contributed by atoms with Crippen LogP contribution in [0.4, 0.5) is 10.1 Å². The molecule has 0 saturated carbocycles. The van der Waals surface area contributed by atoms with Gasteiger partial charge in [-0.2, -0.15) is 0 Å². The number of quaternary nitrogens is 1. The molecule has 27 heavy (non-hydrogen) atoms. The fraction of sp³-hybridized carbons (Fsp3) is 0.333. The fourth-order valence-corrected chi connectivity index (χ4v) is 3.42. The van der Waals surface area contributed by atoms with E-state index >= 15 is 0 Å². The van der Waals surface area contributed by atoms with E-state index in [0.29, 0.717) is 12.1 Å². The third kappa shape index (κ3) is 5.14. The Balaban J connectivity index is 1.45. The van der Waals surface area contributed by atoms with Crippen molar-refractivity contribution in [1.82, 2.24) is 5.32 Å². The molecule has 2 aromatic carbocycles. The van der Waals surface area contributed by atoms with Crippen molar-refractivity contribution >= 4 is 17.5 Å². The highest BCUT2D eigenvalue weighted by molar-refractivity contribution is 5.95. The van der Waals surface area contributed by atoms with Crippen molar-refractivity contribution in [3.8, 4) is 0 Å². The summed E-state index contributed by atoms with van der Waals surface area (Å²) >= 11 is 0. The van der Waals surface area contributed by atoms with Crippen molar-refractivity contribution in [2.75, 3.05) is 25.0 Å². The number of carbonyl (C=O) groups is 2. The van der Waals surface area contributed by atoms with Crippen LogP contribution in [0.25, 0.3) is 0 Å². The molecule has 0 unspecified atom stereocenters. The number of carbonyl (C=O) groups excluding carboxylic acids is 2. The molecule has 0 aliphatic carbocycles. The molecule has 0 aromatic heterocycles. The second-order valence-corrected chi connectivity index (χ2v) is 7.02. The van der Waals surface area contributed by atoms with Crippen LogP contribution < -0.4 is 15.5 Å². The van der Waals surface area contributed by atoms with Gasteiger partial charge in [-0.1, -0.05) is 30.3 Å². The molecular weight excluding hydrogens is 345 g/mol. The molecule has 5 nitrogen and oxygen atoms in total. The summed E-state index contributed by atoms with van der Waals surface area (Å²) in [6.07, 6.45) is 1.64. The maximum atomic E-state index is 13.6. The molecule has 1 fully saturated rings. The maximum absolute atomic E-state index is 13.6. The van der Waals surface area contributed by atoms with Crippen LogP contribution in [-0.4, -0.2) is 37.5 Å². The Morgan fingerprint density at radius 2 is 1.74 bits per heavy atom. The van der Waals surface area contributed by atoms with Crippen molar-refractivity contribution in [3.63, 3.8) is 0 Å². The highest BCUT2D eigenvalue weighted by atomic mass is 19.1. The predicted molar refractivity (Wildman–Crippen MR) is 102 cm³/mol. The summed E-state index contributed by atoms with van der Waals surface area (Å²) in [4.78, 5) is 25.7. The standard InChI is InChI=1S/C21H24FN3O2/c1-15-6-2-3-7-17(15)21(27)23-16-10-12-25(13-11-16)14-20(26)24-19-9-5-4-8-18(19)22/h2-9,16H,10-14H2,1H3,(H,23,27)(H,24,26)/p+1. The Morgan fingerprint density at radius 1 is 1.07 bits per heavy atom. The molecule has 6 heteroatoms. The summed E-state index contributed by atoms with van der Waals surface area (Å²) < 4.78 is 13.6. The normalized spacial score (nSPS) is 19.3. The van der Waals surface area contributed by atoms with Gasteiger partial charge in [-0.3, -0.25) is 9.59 Å². The van der Waals surface area contributed by atoms with Gasteiger partial charge in [0.1, 0.15) is 5.82 Å². The van der Waals surface area contributed by atoms with Gasteiger partial charge in [-0.05, 0) is 30.7 Å². The van der Waals surface area contributed by atoms with Gasteiger partial charge in [0.15, 0.2) is 6.54 Å². The third-order valence-electron chi connectivity index (χ3n) is 4.98. The van der Waals surface area contributed by atoms with Gasteiger partial charge in [-0.25, -0.2) is 4.39 Å². The van der Waals surface area contributed by atoms with Gasteiger partial charge in [0, 0.05) is 24.4 Å². The summed E-state index contributed by atoms with van der Waals surface area (Å²) in [7, 11) is 0. The zero-order valence-corrected chi connectivity index (χ0v) is 15.4. The summed E-state index contributed by atoms with van der Waals surface area (Å²) in [5.41, 5.74) is 1.88. The van der Waals surface area contributed by atoms with E-state index in [9.17, 15) is 14.0 Å². The maximum Gasteiger partial charge on any atom is 0.279 e. The topological polar surface area (TPSA) is 62.6 Å². The van der Waals surface area contributed by atoms with Crippen LogP contribution in [0.15, 0.2) is 48.5 Å². The number of hydrogen-bond acceptors (Lipinski definition) is 2. The highest BCUT2D eigenvalue weighted by Crippen LogP contribution is 2.12. The van der Waals surface area contributed by atoms with Crippen LogP contribution in [0.2, 0.25) is 0 Å². The minimum atomic E-state index is -0.432.